The number of hydrogen-bond acceptors (Lipinski definition) is 0. The molecule has 0 aromatic carbocycles. The molecule has 0 nitrogen and oxygen atoms in total. The average Bonchev–Trinajstić information content (AvgIpc) is 2.61. The Labute approximate surface area is 161 Å². The van der Waals surface area contributed by atoms with Crippen molar-refractivity contribution in [3.8, 4) is 0 Å². The number of unbranched alkanes of at least 4 members (excludes halogenated alkanes) is 3. The predicted octanol–water partition coefficient (Wildman–Crippen LogP) is 9.20. The van der Waals surface area contributed by atoms with E-state index in [0.717, 1.165) is 23.7 Å². The maximum absolute atomic E-state index is 2.46. The van der Waals surface area contributed by atoms with Crippen molar-refractivity contribution >= 4 is 0 Å². The lowest BCUT2D eigenvalue weighted by molar-refractivity contribution is 0.360. The van der Waals surface area contributed by atoms with Gasteiger partial charge in [-0.05, 0) is 43.4 Å². The molecule has 0 amide bonds. The van der Waals surface area contributed by atoms with Gasteiger partial charge in [0.1, 0.15) is 0 Å². The van der Waals surface area contributed by atoms with Crippen molar-refractivity contribution < 1.29 is 0 Å². The maximum atomic E-state index is 2.46. The van der Waals surface area contributed by atoms with Gasteiger partial charge in [0.15, 0.2) is 0 Å². The summed E-state index contributed by atoms with van der Waals surface area (Å²) in [4.78, 5) is 0. The summed E-state index contributed by atoms with van der Waals surface area (Å²) in [5, 5.41) is 0. The highest BCUT2D eigenvalue weighted by molar-refractivity contribution is 4.78. The molecule has 25 heavy (non-hydrogen) atoms. The van der Waals surface area contributed by atoms with Crippen LogP contribution in [0.3, 0.4) is 0 Å². The molecule has 0 radical (unpaired) electrons. The normalized spacial score (nSPS) is 16.9. The highest BCUT2D eigenvalue weighted by Crippen LogP contribution is 2.24. The molecule has 0 saturated carbocycles. The topological polar surface area (TPSA) is 0 Å². The van der Waals surface area contributed by atoms with E-state index in [1.165, 1.54) is 83.5 Å². The molecule has 0 aliphatic rings. The molecule has 150 valence electrons. The van der Waals surface area contributed by atoms with Crippen molar-refractivity contribution in [3.63, 3.8) is 0 Å². The fraction of sp³-hybridized carbons (Fsp3) is 0.920. The van der Waals surface area contributed by atoms with Gasteiger partial charge in [0, 0.05) is 0 Å². The SMILES string of the molecule is CC=CCC(C)CCCCC(CC)CCCCCC(C)CC(C)CC. The van der Waals surface area contributed by atoms with Gasteiger partial charge >= 0.3 is 0 Å². The van der Waals surface area contributed by atoms with Crippen molar-refractivity contribution in [2.45, 2.75) is 125 Å². The standard InChI is InChI=1S/C25H50/c1-7-10-16-23(5)17-14-15-20-25(9-3)19-13-11-12-18-24(6)21-22(4)8-2/h7,10,22-25H,8-9,11-21H2,1-6H3. The lowest BCUT2D eigenvalue weighted by Crippen LogP contribution is -2.03. The molecule has 0 rings (SSSR count). The second-order valence-corrected chi connectivity index (χ2v) is 8.96. The van der Waals surface area contributed by atoms with Crippen LogP contribution in [0, 0.1) is 23.7 Å². The molecule has 0 bridgehead atoms. The molecule has 0 spiro atoms. The summed E-state index contributed by atoms with van der Waals surface area (Å²) in [5.74, 6) is 3.71. The van der Waals surface area contributed by atoms with Crippen molar-refractivity contribution in [2.75, 3.05) is 0 Å². The quantitative estimate of drug-likeness (QED) is 0.181. The fourth-order valence-electron chi connectivity index (χ4n) is 4.04. The molecule has 0 aromatic heterocycles. The van der Waals surface area contributed by atoms with Crippen LogP contribution in [0.4, 0.5) is 0 Å². The van der Waals surface area contributed by atoms with Gasteiger partial charge in [-0.15, -0.1) is 0 Å². The van der Waals surface area contributed by atoms with Gasteiger partial charge in [-0.2, -0.15) is 0 Å². The molecule has 0 fully saturated rings. The Morgan fingerprint density at radius 3 is 1.80 bits per heavy atom. The minimum Gasteiger partial charge on any atom is -0.0917 e. The van der Waals surface area contributed by atoms with Gasteiger partial charge in [-0.1, -0.05) is 117 Å². The first kappa shape index (κ1) is 24.7. The van der Waals surface area contributed by atoms with E-state index in [0.29, 0.717) is 0 Å². The van der Waals surface area contributed by atoms with Crippen LogP contribution in [-0.2, 0) is 0 Å². The molecule has 0 N–H and O–H groups in total. The molecule has 0 heterocycles. The van der Waals surface area contributed by atoms with E-state index >= 15 is 0 Å². The number of hydrogen-bond donors (Lipinski definition) is 0. The van der Waals surface area contributed by atoms with E-state index in [1.54, 1.807) is 0 Å². The third-order valence-electron chi connectivity index (χ3n) is 6.22. The Hall–Kier alpha value is -0.260. The van der Waals surface area contributed by atoms with Crippen LogP contribution < -0.4 is 0 Å². The summed E-state index contributed by atoms with van der Waals surface area (Å²) in [6, 6.07) is 0. The highest BCUT2D eigenvalue weighted by atomic mass is 14.1. The predicted molar refractivity (Wildman–Crippen MR) is 117 cm³/mol. The molecule has 0 aliphatic heterocycles. The summed E-state index contributed by atoms with van der Waals surface area (Å²) < 4.78 is 0. The van der Waals surface area contributed by atoms with Crippen LogP contribution in [0.1, 0.15) is 125 Å². The van der Waals surface area contributed by atoms with Crippen LogP contribution in [0.15, 0.2) is 12.2 Å². The van der Waals surface area contributed by atoms with Crippen molar-refractivity contribution in [2.24, 2.45) is 23.7 Å². The minimum absolute atomic E-state index is 0.869. The summed E-state index contributed by atoms with van der Waals surface area (Å²) >= 11 is 0. The van der Waals surface area contributed by atoms with Crippen LogP contribution in [0.2, 0.25) is 0 Å². The minimum atomic E-state index is 0.869. The van der Waals surface area contributed by atoms with E-state index in [-0.39, 0.29) is 0 Å². The lowest BCUT2D eigenvalue weighted by Gasteiger charge is -2.17. The monoisotopic (exact) mass is 350 g/mol. The third-order valence-corrected chi connectivity index (χ3v) is 6.22. The molecular formula is C25H50. The smallest absolute Gasteiger partial charge is 0.0325 e. The Bertz CT molecular complexity index is 290. The van der Waals surface area contributed by atoms with Crippen molar-refractivity contribution in [1.29, 1.82) is 0 Å². The van der Waals surface area contributed by atoms with Gasteiger partial charge in [0.2, 0.25) is 0 Å². The van der Waals surface area contributed by atoms with E-state index < -0.39 is 0 Å². The van der Waals surface area contributed by atoms with Crippen LogP contribution in [-0.4, -0.2) is 0 Å². The van der Waals surface area contributed by atoms with Crippen LogP contribution in [0.25, 0.3) is 0 Å². The summed E-state index contributed by atoms with van der Waals surface area (Å²) in [6.07, 6.45) is 23.0. The molecule has 0 saturated heterocycles. The zero-order valence-corrected chi connectivity index (χ0v) is 18.7. The van der Waals surface area contributed by atoms with Gasteiger partial charge in [-0.3, -0.25) is 0 Å². The Morgan fingerprint density at radius 1 is 0.640 bits per heavy atom. The largest absolute Gasteiger partial charge is 0.0917 e. The summed E-state index contributed by atoms with van der Waals surface area (Å²) in [5.41, 5.74) is 0. The van der Waals surface area contributed by atoms with E-state index in [4.69, 9.17) is 0 Å². The first-order valence-electron chi connectivity index (χ1n) is 11.6. The molecule has 0 aromatic rings. The van der Waals surface area contributed by atoms with E-state index in [1.807, 2.05) is 0 Å². The van der Waals surface area contributed by atoms with Crippen molar-refractivity contribution in [3.05, 3.63) is 12.2 Å². The van der Waals surface area contributed by atoms with Gasteiger partial charge in [0.05, 0.1) is 0 Å². The second kappa shape index (κ2) is 17.2. The summed E-state index contributed by atoms with van der Waals surface area (Å²) in [6.45, 7) is 14.1. The molecule has 4 unspecified atom stereocenters. The summed E-state index contributed by atoms with van der Waals surface area (Å²) in [7, 11) is 0. The van der Waals surface area contributed by atoms with E-state index in [9.17, 15) is 0 Å². The Balaban J connectivity index is 3.62. The molecule has 0 aliphatic carbocycles. The molecule has 0 heteroatoms. The number of rotatable bonds is 17. The maximum Gasteiger partial charge on any atom is -0.0325 e. The Morgan fingerprint density at radius 2 is 1.20 bits per heavy atom. The highest BCUT2D eigenvalue weighted by Gasteiger charge is 2.09. The van der Waals surface area contributed by atoms with Crippen LogP contribution >= 0.6 is 0 Å². The zero-order chi connectivity index (χ0) is 18.9. The molecule has 4 atom stereocenters. The van der Waals surface area contributed by atoms with Gasteiger partial charge in [0.25, 0.3) is 0 Å². The zero-order valence-electron chi connectivity index (χ0n) is 18.7. The second-order valence-electron chi connectivity index (χ2n) is 8.96. The fourth-order valence-corrected chi connectivity index (χ4v) is 4.04. The number of allylic oxidation sites excluding steroid dienone is 2. The van der Waals surface area contributed by atoms with Crippen LogP contribution in [0.5, 0.6) is 0 Å². The lowest BCUT2D eigenvalue weighted by atomic mass is 9.89. The first-order valence-corrected chi connectivity index (χ1v) is 11.6. The van der Waals surface area contributed by atoms with E-state index in [2.05, 4.69) is 53.7 Å². The van der Waals surface area contributed by atoms with Crippen molar-refractivity contribution in [1.82, 2.24) is 0 Å². The average molecular weight is 351 g/mol. The van der Waals surface area contributed by atoms with Gasteiger partial charge < -0.3 is 0 Å². The first-order chi connectivity index (χ1) is 12.0. The molecular weight excluding hydrogens is 300 g/mol. The Kier molecular flexibility index (Phi) is 17.0. The van der Waals surface area contributed by atoms with Gasteiger partial charge in [-0.25, -0.2) is 0 Å². The third kappa shape index (κ3) is 15.7.